The predicted molar refractivity (Wildman–Crippen MR) is 75.0 cm³/mol. The van der Waals surface area contributed by atoms with E-state index in [1.807, 2.05) is 25.1 Å². The van der Waals surface area contributed by atoms with E-state index in [1.54, 1.807) is 14.2 Å². The molecule has 90 valence electrons. The van der Waals surface area contributed by atoms with E-state index in [0.717, 1.165) is 15.8 Å². The molecule has 0 amide bonds. The van der Waals surface area contributed by atoms with Gasteiger partial charge in [0, 0.05) is 18.7 Å². The minimum atomic E-state index is -0.827. The monoisotopic (exact) mass is 400 g/mol. The molecule has 0 saturated heterocycles. The van der Waals surface area contributed by atoms with Gasteiger partial charge < -0.3 is 14.2 Å². The molecule has 0 aliphatic heterocycles. The van der Waals surface area contributed by atoms with E-state index >= 15 is 0 Å². The molecule has 0 aliphatic carbocycles. The zero-order valence-electron chi connectivity index (χ0n) is 9.42. The molecule has 0 heterocycles. The molecule has 3 nitrogen and oxygen atoms in total. The predicted octanol–water partition coefficient (Wildman–Crippen LogP) is 3.69. The van der Waals surface area contributed by atoms with Gasteiger partial charge in [-0.25, -0.2) is 0 Å². The molecule has 0 aromatic heterocycles. The van der Waals surface area contributed by atoms with Crippen LogP contribution in [-0.4, -0.2) is 20.8 Å². The third-order valence-electron chi connectivity index (χ3n) is 2.09. The van der Waals surface area contributed by atoms with Crippen molar-refractivity contribution in [1.82, 2.24) is 0 Å². The van der Waals surface area contributed by atoms with Crippen LogP contribution in [0.1, 0.15) is 12.5 Å². The second kappa shape index (κ2) is 6.18. The second-order valence-corrected chi connectivity index (χ2v) is 5.35. The van der Waals surface area contributed by atoms with Gasteiger partial charge in [-0.05, 0) is 47.7 Å². The van der Waals surface area contributed by atoms with Crippen molar-refractivity contribution in [1.29, 1.82) is 0 Å². The van der Waals surface area contributed by atoms with Crippen molar-refractivity contribution in [3.05, 3.63) is 28.2 Å². The summed E-state index contributed by atoms with van der Waals surface area (Å²) in [5.41, 5.74) is 0.856. The first kappa shape index (κ1) is 14.2. The minimum absolute atomic E-state index is 0.606. The first-order chi connectivity index (χ1) is 7.57. The molecule has 0 fully saturated rings. The summed E-state index contributed by atoms with van der Waals surface area (Å²) in [6.07, 6.45) is 0. The van der Waals surface area contributed by atoms with Gasteiger partial charge in [0.05, 0.1) is 12.2 Å². The Labute approximate surface area is 118 Å². The number of benzene rings is 1. The van der Waals surface area contributed by atoms with Gasteiger partial charge >= 0.3 is 0 Å². The number of hydrogen-bond acceptors (Lipinski definition) is 3. The lowest BCUT2D eigenvalue weighted by molar-refractivity contribution is -0.125. The van der Waals surface area contributed by atoms with Crippen LogP contribution in [0.2, 0.25) is 0 Å². The van der Waals surface area contributed by atoms with Crippen LogP contribution in [0.5, 0.6) is 5.75 Å². The fourth-order valence-electron chi connectivity index (χ4n) is 1.32. The third-order valence-corrected chi connectivity index (χ3v) is 4.04. The first-order valence-corrected chi connectivity index (χ1v) is 6.66. The van der Waals surface area contributed by atoms with Gasteiger partial charge in [0.2, 0.25) is 0 Å². The summed E-state index contributed by atoms with van der Waals surface area (Å²) < 4.78 is 16.4. The van der Waals surface area contributed by atoms with Gasteiger partial charge in [-0.1, -0.05) is 15.9 Å². The maximum absolute atomic E-state index is 5.56. The highest BCUT2D eigenvalue weighted by atomic mass is 127. The van der Waals surface area contributed by atoms with E-state index in [4.69, 9.17) is 14.2 Å². The Hall–Kier alpha value is 0.150. The van der Waals surface area contributed by atoms with Crippen LogP contribution in [0, 0.1) is 0 Å². The van der Waals surface area contributed by atoms with Crippen molar-refractivity contribution in [2.24, 2.45) is 0 Å². The molecule has 1 aromatic rings. The van der Waals surface area contributed by atoms with Gasteiger partial charge in [0.25, 0.3) is 3.79 Å². The fourth-order valence-corrected chi connectivity index (χ4v) is 2.10. The van der Waals surface area contributed by atoms with Crippen molar-refractivity contribution in [2.45, 2.75) is 10.7 Å². The summed E-state index contributed by atoms with van der Waals surface area (Å²) in [7, 11) is 3.21. The molecule has 0 bridgehead atoms. The lowest BCUT2D eigenvalue weighted by Crippen LogP contribution is -2.23. The molecule has 5 heteroatoms. The number of rotatable bonds is 5. The topological polar surface area (TPSA) is 27.7 Å². The fraction of sp³-hybridized carbons (Fsp3) is 0.455. The molecule has 0 aliphatic rings. The number of ether oxygens (including phenoxy) is 3. The van der Waals surface area contributed by atoms with Crippen LogP contribution in [0.25, 0.3) is 0 Å². The zero-order chi connectivity index (χ0) is 12.2. The number of alkyl halides is 1. The molecular formula is C11H14BrIO3. The van der Waals surface area contributed by atoms with Gasteiger partial charge in [-0.2, -0.15) is 0 Å². The van der Waals surface area contributed by atoms with Crippen molar-refractivity contribution in [2.75, 3.05) is 20.8 Å². The molecular weight excluding hydrogens is 387 g/mol. The number of methoxy groups -OCH3 is 2. The Bertz CT molecular complexity index is 353. The van der Waals surface area contributed by atoms with Gasteiger partial charge in [-0.15, -0.1) is 0 Å². The van der Waals surface area contributed by atoms with E-state index in [-0.39, 0.29) is 0 Å². The summed E-state index contributed by atoms with van der Waals surface area (Å²) in [5, 5.41) is 0. The molecule has 0 N–H and O–H groups in total. The SMILES string of the molecule is CCOc1ccc(Br)cc1C(I)(OC)OC. The molecule has 0 radical (unpaired) electrons. The Kier molecular flexibility index (Phi) is 5.49. The first-order valence-electron chi connectivity index (χ1n) is 4.79. The average Bonchev–Trinajstić information content (AvgIpc) is 2.31. The van der Waals surface area contributed by atoms with Gasteiger partial charge in [0.1, 0.15) is 5.75 Å². The van der Waals surface area contributed by atoms with Crippen molar-refractivity contribution in [3.8, 4) is 5.75 Å². The average molecular weight is 401 g/mol. The van der Waals surface area contributed by atoms with Gasteiger partial charge in [-0.3, -0.25) is 0 Å². The van der Waals surface area contributed by atoms with E-state index in [1.165, 1.54) is 0 Å². The van der Waals surface area contributed by atoms with Crippen LogP contribution in [-0.2, 0) is 13.3 Å². The van der Waals surface area contributed by atoms with Crippen molar-refractivity contribution < 1.29 is 14.2 Å². The summed E-state index contributed by atoms with van der Waals surface area (Å²) in [4.78, 5) is 0. The normalized spacial score (nSPS) is 11.6. The quantitative estimate of drug-likeness (QED) is 0.428. The number of hydrogen-bond donors (Lipinski definition) is 0. The second-order valence-electron chi connectivity index (χ2n) is 3.02. The van der Waals surface area contributed by atoms with Crippen molar-refractivity contribution >= 4 is 38.5 Å². The molecule has 0 atom stereocenters. The summed E-state index contributed by atoms with van der Waals surface area (Å²) in [6.45, 7) is 2.55. The summed E-state index contributed by atoms with van der Waals surface area (Å²) in [6, 6.07) is 5.76. The van der Waals surface area contributed by atoms with Gasteiger partial charge in [0.15, 0.2) is 0 Å². The Morgan fingerprint density at radius 2 is 1.94 bits per heavy atom. The molecule has 1 rings (SSSR count). The van der Waals surface area contributed by atoms with Crippen LogP contribution >= 0.6 is 38.5 Å². The Morgan fingerprint density at radius 3 is 2.44 bits per heavy atom. The maximum atomic E-state index is 5.56. The highest BCUT2D eigenvalue weighted by Crippen LogP contribution is 2.40. The van der Waals surface area contributed by atoms with E-state index in [9.17, 15) is 0 Å². The molecule has 0 unspecified atom stereocenters. The smallest absolute Gasteiger partial charge is 0.251 e. The standard InChI is InChI=1S/C11H14BrIO3/c1-4-16-10-6-5-8(12)7-9(10)11(13,14-2)15-3/h5-7H,4H2,1-3H3. The Balaban J connectivity index is 3.22. The number of halogens is 2. The van der Waals surface area contributed by atoms with E-state index in [0.29, 0.717) is 6.61 Å². The highest BCUT2D eigenvalue weighted by molar-refractivity contribution is 14.1. The van der Waals surface area contributed by atoms with Crippen LogP contribution in [0.3, 0.4) is 0 Å². The van der Waals surface area contributed by atoms with E-state index < -0.39 is 3.79 Å². The molecule has 1 aromatic carbocycles. The summed E-state index contributed by atoms with van der Waals surface area (Å²) >= 11 is 5.53. The van der Waals surface area contributed by atoms with E-state index in [2.05, 4.69) is 38.5 Å². The van der Waals surface area contributed by atoms with Crippen molar-refractivity contribution in [3.63, 3.8) is 0 Å². The van der Waals surface area contributed by atoms with Crippen LogP contribution in [0.15, 0.2) is 22.7 Å². The summed E-state index contributed by atoms with van der Waals surface area (Å²) in [5.74, 6) is 0.767. The molecule has 16 heavy (non-hydrogen) atoms. The van der Waals surface area contributed by atoms with Crippen LogP contribution < -0.4 is 4.74 Å². The molecule has 0 spiro atoms. The molecule has 0 saturated carbocycles. The lowest BCUT2D eigenvalue weighted by atomic mass is 10.2. The Morgan fingerprint density at radius 1 is 1.31 bits per heavy atom. The van der Waals surface area contributed by atoms with Crippen LogP contribution in [0.4, 0.5) is 0 Å². The lowest BCUT2D eigenvalue weighted by Gasteiger charge is -2.26. The zero-order valence-corrected chi connectivity index (χ0v) is 13.2. The largest absolute Gasteiger partial charge is 0.493 e. The highest BCUT2D eigenvalue weighted by Gasteiger charge is 2.32. The maximum Gasteiger partial charge on any atom is 0.251 e. The third kappa shape index (κ3) is 3.09. The minimum Gasteiger partial charge on any atom is -0.493 e.